The van der Waals surface area contributed by atoms with Crippen molar-refractivity contribution in [1.29, 1.82) is 0 Å². The number of ether oxygens (including phenoxy) is 2. The number of hydrogen-bond acceptors (Lipinski definition) is 6. The summed E-state index contributed by atoms with van der Waals surface area (Å²) in [7, 11) is 1.58. The van der Waals surface area contributed by atoms with Gasteiger partial charge in [0.2, 0.25) is 5.88 Å². The Morgan fingerprint density at radius 2 is 2.08 bits per heavy atom. The van der Waals surface area contributed by atoms with Gasteiger partial charge in [0.05, 0.1) is 6.20 Å². The number of benzene rings is 1. The highest BCUT2D eigenvalue weighted by atomic mass is 35.5. The molecule has 8 heteroatoms. The molecule has 1 fully saturated rings. The number of amides is 1. The van der Waals surface area contributed by atoms with Gasteiger partial charge in [-0.05, 0) is 38.1 Å². The number of aromatic nitrogens is 2. The van der Waals surface area contributed by atoms with E-state index in [-0.39, 0.29) is 18.3 Å². The van der Waals surface area contributed by atoms with Gasteiger partial charge in [-0.2, -0.15) is 0 Å². The van der Waals surface area contributed by atoms with Crippen molar-refractivity contribution in [3.63, 3.8) is 0 Å². The Kier molecular flexibility index (Phi) is 6.69. The first-order valence-corrected chi connectivity index (χ1v) is 7.83. The molecular weight excluding hydrogens is 344 g/mol. The summed E-state index contributed by atoms with van der Waals surface area (Å²) in [6.07, 6.45) is 5.95. The molecule has 0 unspecified atom stereocenters. The van der Waals surface area contributed by atoms with Crippen LogP contribution >= 0.6 is 12.4 Å². The Bertz CT molecular complexity index is 693. The van der Waals surface area contributed by atoms with Crippen LogP contribution in [0.25, 0.3) is 0 Å². The molecule has 1 saturated heterocycles. The standard InChI is InChI=1S/C17H20N4O3.ClH/c1-23-17(5-7-18-8-6-17)16(22)21-13-3-2-4-14(11-13)24-15-12-19-9-10-20-15;/h2-4,9-12,18H,5-8H2,1H3,(H,21,22);1H. The molecule has 1 amide bonds. The van der Waals surface area contributed by atoms with Gasteiger partial charge in [0.25, 0.3) is 5.91 Å². The molecule has 0 atom stereocenters. The van der Waals surface area contributed by atoms with Gasteiger partial charge in [-0.25, -0.2) is 4.98 Å². The largest absolute Gasteiger partial charge is 0.437 e. The Labute approximate surface area is 152 Å². The summed E-state index contributed by atoms with van der Waals surface area (Å²) in [6, 6.07) is 7.16. The van der Waals surface area contributed by atoms with E-state index in [2.05, 4.69) is 20.6 Å². The van der Waals surface area contributed by atoms with Crippen molar-refractivity contribution in [1.82, 2.24) is 15.3 Å². The van der Waals surface area contributed by atoms with E-state index in [4.69, 9.17) is 9.47 Å². The summed E-state index contributed by atoms with van der Waals surface area (Å²) in [6.45, 7) is 1.52. The lowest BCUT2D eigenvalue weighted by Crippen LogP contribution is -2.51. The van der Waals surface area contributed by atoms with E-state index in [1.807, 2.05) is 12.1 Å². The zero-order valence-electron chi connectivity index (χ0n) is 13.9. The first kappa shape index (κ1) is 19.1. The van der Waals surface area contributed by atoms with Gasteiger partial charge in [-0.1, -0.05) is 6.07 Å². The summed E-state index contributed by atoms with van der Waals surface area (Å²) in [4.78, 5) is 20.7. The lowest BCUT2D eigenvalue weighted by Gasteiger charge is -2.34. The maximum Gasteiger partial charge on any atom is 0.256 e. The monoisotopic (exact) mass is 364 g/mol. The summed E-state index contributed by atoms with van der Waals surface area (Å²) in [5.74, 6) is 0.834. The molecule has 0 spiro atoms. The quantitative estimate of drug-likeness (QED) is 0.847. The van der Waals surface area contributed by atoms with Crippen molar-refractivity contribution in [3.05, 3.63) is 42.9 Å². The van der Waals surface area contributed by atoms with Gasteiger partial charge in [0.1, 0.15) is 11.4 Å². The van der Waals surface area contributed by atoms with Gasteiger partial charge in [0.15, 0.2) is 0 Å². The molecule has 0 saturated carbocycles. The van der Waals surface area contributed by atoms with E-state index >= 15 is 0 Å². The Morgan fingerprint density at radius 3 is 2.76 bits per heavy atom. The number of methoxy groups -OCH3 is 1. The maximum absolute atomic E-state index is 12.7. The van der Waals surface area contributed by atoms with E-state index in [0.717, 1.165) is 13.1 Å². The zero-order valence-corrected chi connectivity index (χ0v) is 14.7. The van der Waals surface area contributed by atoms with Crippen LogP contribution in [0.5, 0.6) is 11.6 Å². The molecular formula is C17H21ClN4O3. The smallest absolute Gasteiger partial charge is 0.256 e. The van der Waals surface area contributed by atoms with Gasteiger partial charge < -0.3 is 20.1 Å². The second-order valence-corrected chi connectivity index (χ2v) is 5.58. The van der Waals surface area contributed by atoms with Gasteiger partial charge in [-0.15, -0.1) is 12.4 Å². The molecule has 134 valence electrons. The molecule has 1 aromatic heterocycles. The number of nitrogens with one attached hydrogen (secondary N) is 2. The number of hydrogen-bond donors (Lipinski definition) is 2. The fourth-order valence-corrected chi connectivity index (χ4v) is 2.70. The lowest BCUT2D eigenvalue weighted by atomic mass is 9.91. The Hall–Kier alpha value is -2.22. The van der Waals surface area contributed by atoms with E-state index in [1.54, 1.807) is 31.6 Å². The fourth-order valence-electron chi connectivity index (χ4n) is 2.70. The molecule has 25 heavy (non-hydrogen) atoms. The van der Waals surface area contributed by atoms with Crippen LogP contribution in [0.15, 0.2) is 42.9 Å². The van der Waals surface area contributed by atoms with Crippen LogP contribution in [0.2, 0.25) is 0 Å². The molecule has 0 aliphatic carbocycles. The first-order chi connectivity index (χ1) is 11.7. The third-order valence-corrected chi connectivity index (χ3v) is 4.07. The van der Waals surface area contributed by atoms with Crippen molar-refractivity contribution >= 4 is 24.0 Å². The Morgan fingerprint density at radius 1 is 1.28 bits per heavy atom. The molecule has 1 aromatic carbocycles. The predicted molar refractivity (Wildman–Crippen MR) is 96.3 cm³/mol. The molecule has 2 N–H and O–H groups in total. The number of carbonyl (C=O) groups is 1. The van der Waals surface area contributed by atoms with E-state index in [9.17, 15) is 4.79 Å². The first-order valence-electron chi connectivity index (χ1n) is 7.83. The lowest BCUT2D eigenvalue weighted by molar-refractivity contribution is -0.140. The van der Waals surface area contributed by atoms with E-state index < -0.39 is 5.60 Å². The van der Waals surface area contributed by atoms with E-state index in [0.29, 0.717) is 30.2 Å². The number of nitrogens with zero attached hydrogens (tertiary/aromatic N) is 2. The third-order valence-electron chi connectivity index (χ3n) is 4.07. The minimum Gasteiger partial charge on any atom is -0.437 e. The molecule has 3 rings (SSSR count). The third kappa shape index (κ3) is 4.66. The highest BCUT2D eigenvalue weighted by Crippen LogP contribution is 2.26. The molecule has 0 bridgehead atoms. The topological polar surface area (TPSA) is 85.4 Å². The number of halogens is 1. The number of piperidine rings is 1. The van der Waals surface area contributed by atoms with Crippen molar-refractivity contribution < 1.29 is 14.3 Å². The predicted octanol–water partition coefficient (Wildman–Crippen LogP) is 2.40. The van der Waals surface area contributed by atoms with Crippen LogP contribution in [-0.2, 0) is 9.53 Å². The molecule has 7 nitrogen and oxygen atoms in total. The highest BCUT2D eigenvalue weighted by Gasteiger charge is 2.39. The maximum atomic E-state index is 12.7. The summed E-state index contributed by atoms with van der Waals surface area (Å²) >= 11 is 0. The van der Waals surface area contributed by atoms with Crippen LogP contribution in [0, 0.1) is 0 Å². The molecule has 0 radical (unpaired) electrons. The van der Waals surface area contributed by atoms with Gasteiger partial charge in [0, 0.05) is 31.3 Å². The zero-order chi connectivity index (χ0) is 16.8. The fraction of sp³-hybridized carbons (Fsp3) is 0.353. The van der Waals surface area contributed by atoms with Gasteiger partial charge >= 0.3 is 0 Å². The summed E-state index contributed by atoms with van der Waals surface area (Å²) < 4.78 is 11.2. The van der Waals surface area contributed by atoms with Crippen molar-refractivity contribution in [2.45, 2.75) is 18.4 Å². The molecule has 1 aliphatic heterocycles. The highest BCUT2D eigenvalue weighted by molar-refractivity contribution is 5.97. The summed E-state index contributed by atoms with van der Waals surface area (Å²) in [5, 5.41) is 6.16. The minimum absolute atomic E-state index is 0. The van der Waals surface area contributed by atoms with Gasteiger partial charge in [-0.3, -0.25) is 9.78 Å². The van der Waals surface area contributed by atoms with Crippen LogP contribution in [0.4, 0.5) is 5.69 Å². The number of carbonyl (C=O) groups excluding carboxylic acids is 1. The van der Waals surface area contributed by atoms with Crippen molar-refractivity contribution in [2.24, 2.45) is 0 Å². The normalized spacial score (nSPS) is 15.7. The van der Waals surface area contributed by atoms with Crippen LogP contribution in [-0.4, -0.2) is 41.7 Å². The number of rotatable bonds is 5. The average molecular weight is 365 g/mol. The van der Waals surface area contributed by atoms with Crippen molar-refractivity contribution in [2.75, 3.05) is 25.5 Å². The van der Waals surface area contributed by atoms with Crippen molar-refractivity contribution in [3.8, 4) is 11.6 Å². The Balaban J connectivity index is 0.00000225. The van der Waals surface area contributed by atoms with E-state index in [1.165, 1.54) is 6.20 Å². The second-order valence-electron chi connectivity index (χ2n) is 5.58. The second kappa shape index (κ2) is 8.75. The molecule has 2 aromatic rings. The van der Waals surface area contributed by atoms with Crippen LogP contribution < -0.4 is 15.4 Å². The number of anilines is 1. The summed E-state index contributed by atoms with van der Waals surface area (Å²) in [5.41, 5.74) is -0.135. The van der Waals surface area contributed by atoms with Crippen LogP contribution in [0.3, 0.4) is 0 Å². The molecule has 2 heterocycles. The van der Waals surface area contributed by atoms with Crippen LogP contribution in [0.1, 0.15) is 12.8 Å². The average Bonchev–Trinajstić information content (AvgIpc) is 2.63. The molecule has 1 aliphatic rings. The SMILES string of the molecule is COC1(C(=O)Nc2cccc(Oc3cnccn3)c2)CCNCC1.Cl. The minimum atomic E-state index is -0.785.